The Morgan fingerprint density at radius 2 is 2.24 bits per heavy atom. The molecule has 1 atom stereocenters. The fourth-order valence-corrected chi connectivity index (χ4v) is 2.45. The summed E-state index contributed by atoms with van der Waals surface area (Å²) in [6.45, 7) is 1.04. The van der Waals surface area contributed by atoms with Crippen molar-refractivity contribution in [1.82, 2.24) is 20.1 Å². The van der Waals surface area contributed by atoms with Crippen LogP contribution in [0.5, 0.6) is 0 Å². The van der Waals surface area contributed by atoms with Crippen LogP contribution in [0, 0.1) is 0 Å². The molecule has 4 nitrogen and oxygen atoms in total. The van der Waals surface area contributed by atoms with Crippen molar-refractivity contribution in [2.75, 3.05) is 6.54 Å². The average molecular weight is 249 g/mol. The van der Waals surface area contributed by atoms with Gasteiger partial charge in [0.05, 0.1) is 16.8 Å². The van der Waals surface area contributed by atoms with Gasteiger partial charge in [0, 0.05) is 0 Å². The number of nitrogens with zero attached hydrogens (tertiary/aromatic N) is 3. The van der Waals surface area contributed by atoms with Crippen LogP contribution in [0.1, 0.15) is 24.7 Å². The molecule has 0 bridgehead atoms. The van der Waals surface area contributed by atoms with Crippen LogP contribution in [0.25, 0.3) is 5.69 Å². The smallest absolute Gasteiger partial charge is 0.154 e. The van der Waals surface area contributed by atoms with Crippen LogP contribution in [-0.2, 0) is 0 Å². The Hall–Kier alpha value is -1.39. The summed E-state index contributed by atoms with van der Waals surface area (Å²) in [7, 11) is 0. The molecule has 1 unspecified atom stereocenters. The van der Waals surface area contributed by atoms with Crippen LogP contribution in [0.3, 0.4) is 0 Å². The third-order valence-corrected chi connectivity index (χ3v) is 3.38. The monoisotopic (exact) mass is 248 g/mol. The second-order valence-electron chi connectivity index (χ2n) is 4.16. The maximum absolute atomic E-state index is 6.20. The lowest BCUT2D eigenvalue weighted by Gasteiger charge is -2.12. The van der Waals surface area contributed by atoms with Crippen molar-refractivity contribution in [2.45, 2.75) is 18.9 Å². The molecule has 0 saturated carbocycles. The molecule has 0 aliphatic carbocycles. The molecular weight excluding hydrogens is 236 g/mol. The molecule has 1 aromatic carbocycles. The Balaban J connectivity index is 2.04. The zero-order valence-electron chi connectivity index (χ0n) is 9.31. The molecule has 0 radical (unpaired) electrons. The number of rotatable bonds is 2. The molecule has 88 valence electrons. The van der Waals surface area contributed by atoms with Crippen molar-refractivity contribution in [3.63, 3.8) is 0 Å². The van der Waals surface area contributed by atoms with Crippen molar-refractivity contribution in [3.8, 4) is 5.69 Å². The van der Waals surface area contributed by atoms with E-state index < -0.39 is 0 Å². The highest BCUT2D eigenvalue weighted by Gasteiger charge is 2.22. The molecule has 1 aliphatic rings. The molecule has 17 heavy (non-hydrogen) atoms. The molecule has 1 saturated heterocycles. The number of nitrogens with one attached hydrogen (secondary N) is 1. The highest BCUT2D eigenvalue weighted by atomic mass is 35.5. The van der Waals surface area contributed by atoms with E-state index in [9.17, 15) is 0 Å². The first-order valence-corrected chi connectivity index (χ1v) is 6.12. The van der Waals surface area contributed by atoms with Crippen molar-refractivity contribution in [2.24, 2.45) is 0 Å². The number of hydrogen-bond donors (Lipinski definition) is 1. The lowest BCUT2D eigenvalue weighted by atomic mass is 10.2. The summed E-state index contributed by atoms with van der Waals surface area (Å²) in [5.41, 5.74) is 0.933. The third kappa shape index (κ3) is 1.94. The van der Waals surface area contributed by atoms with E-state index in [1.807, 2.05) is 28.8 Å². The number of hydrogen-bond acceptors (Lipinski definition) is 3. The molecule has 2 aromatic rings. The minimum Gasteiger partial charge on any atom is -0.307 e. The summed E-state index contributed by atoms with van der Waals surface area (Å²) < 4.78 is 1.96. The maximum atomic E-state index is 6.20. The van der Waals surface area contributed by atoms with Gasteiger partial charge in [-0.1, -0.05) is 23.7 Å². The van der Waals surface area contributed by atoms with Gasteiger partial charge in [0.2, 0.25) is 0 Å². The topological polar surface area (TPSA) is 42.7 Å². The summed E-state index contributed by atoms with van der Waals surface area (Å²) in [6.07, 6.45) is 4.00. The van der Waals surface area contributed by atoms with Crippen LogP contribution >= 0.6 is 11.6 Å². The molecule has 3 rings (SSSR count). The van der Waals surface area contributed by atoms with Crippen LogP contribution in [0.15, 0.2) is 30.6 Å². The largest absolute Gasteiger partial charge is 0.307 e. The minimum atomic E-state index is 0.286. The van der Waals surface area contributed by atoms with Crippen LogP contribution < -0.4 is 5.32 Å². The SMILES string of the molecule is Clc1ccccc1-n1cnnc1C1CCCN1. The third-order valence-electron chi connectivity index (χ3n) is 3.06. The number of aromatic nitrogens is 3. The van der Waals surface area contributed by atoms with Crippen molar-refractivity contribution >= 4 is 11.6 Å². The number of halogens is 1. The number of benzene rings is 1. The fourth-order valence-electron chi connectivity index (χ4n) is 2.22. The van der Waals surface area contributed by atoms with Gasteiger partial charge in [-0.25, -0.2) is 0 Å². The van der Waals surface area contributed by atoms with E-state index in [2.05, 4.69) is 15.5 Å². The quantitative estimate of drug-likeness (QED) is 0.887. The molecule has 5 heteroatoms. The molecule has 2 heterocycles. The maximum Gasteiger partial charge on any atom is 0.154 e. The molecule has 1 aliphatic heterocycles. The normalized spacial score (nSPS) is 19.7. The summed E-state index contributed by atoms with van der Waals surface area (Å²) >= 11 is 6.20. The van der Waals surface area contributed by atoms with Gasteiger partial charge in [0.1, 0.15) is 6.33 Å². The first-order chi connectivity index (χ1) is 8.36. The summed E-state index contributed by atoms with van der Waals surface area (Å²) in [5, 5.41) is 12.3. The van der Waals surface area contributed by atoms with Crippen molar-refractivity contribution < 1.29 is 0 Å². The molecule has 1 fully saturated rings. The van der Waals surface area contributed by atoms with Gasteiger partial charge in [-0.3, -0.25) is 4.57 Å². The van der Waals surface area contributed by atoms with E-state index >= 15 is 0 Å². The standard InChI is InChI=1S/C12H13ClN4/c13-9-4-1-2-6-11(9)17-8-15-16-12(17)10-5-3-7-14-10/h1-2,4,6,8,10,14H,3,5,7H2. The summed E-state index contributed by atoms with van der Waals surface area (Å²) in [5.74, 6) is 0.940. The van der Waals surface area contributed by atoms with Crippen LogP contribution in [0.4, 0.5) is 0 Å². The first kappa shape index (κ1) is 10.7. The van der Waals surface area contributed by atoms with Gasteiger partial charge >= 0.3 is 0 Å². The number of para-hydroxylation sites is 1. The molecule has 0 spiro atoms. The molecular formula is C12H13ClN4. The summed E-state index contributed by atoms with van der Waals surface area (Å²) in [4.78, 5) is 0. The average Bonchev–Trinajstić information content (AvgIpc) is 3.00. The molecule has 0 amide bonds. The highest BCUT2D eigenvalue weighted by molar-refractivity contribution is 6.32. The van der Waals surface area contributed by atoms with E-state index in [1.54, 1.807) is 6.33 Å². The molecule has 1 aromatic heterocycles. The second-order valence-corrected chi connectivity index (χ2v) is 4.57. The van der Waals surface area contributed by atoms with E-state index in [0.29, 0.717) is 5.02 Å². The first-order valence-electron chi connectivity index (χ1n) is 5.74. The van der Waals surface area contributed by atoms with Crippen LogP contribution in [-0.4, -0.2) is 21.3 Å². The lowest BCUT2D eigenvalue weighted by molar-refractivity contribution is 0.592. The predicted octanol–water partition coefficient (Wildman–Crippen LogP) is 2.35. The van der Waals surface area contributed by atoms with Gasteiger partial charge in [-0.2, -0.15) is 0 Å². The summed E-state index contributed by atoms with van der Waals surface area (Å²) in [6, 6.07) is 8.03. The van der Waals surface area contributed by atoms with Crippen molar-refractivity contribution in [1.29, 1.82) is 0 Å². The van der Waals surface area contributed by atoms with Gasteiger partial charge in [0.15, 0.2) is 5.82 Å². The fraction of sp³-hybridized carbons (Fsp3) is 0.333. The van der Waals surface area contributed by atoms with Crippen LogP contribution in [0.2, 0.25) is 5.02 Å². The Bertz CT molecular complexity index is 517. The van der Waals surface area contributed by atoms with E-state index in [-0.39, 0.29) is 6.04 Å². The van der Waals surface area contributed by atoms with E-state index in [1.165, 1.54) is 6.42 Å². The Morgan fingerprint density at radius 3 is 3.00 bits per heavy atom. The lowest BCUT2D eigenvalue weighted by Crippen LogP contribution is -2.17. The highest BCUT2D eigenvalue weighted by Crippen LogP contribution is 2.26. The van der Waals surface area contributed by atoms with E-state index in [4.69, 9.17) is 11.6 Å². The predicted molar refractivity (Wildman–Crippen MR) is 66.3 cm³/mol. The van der Waals surface area contributed by atoms with Gasteiger partial charge in [-0.15, -0.1) is 10.2 Å². The molecule has 1 N–H and O–H groups in total. The Kier molecular flexibility index (Phi) is 2.82. The zero-order valence-corrected chi connectivity index (χ0v) is 10.1. The van der Waals surface area contributed by atoms with E-state index in [0.717, 1.165) is 24.5 Å². The Morgan fingerprint density at radius 1 is 1.35 bits per heavy atom. The van der Waals surface area contributed by atoms with Crippen molar-refractivity contribution in [3.05, 3.63) is 41.4 Å². The van der Waals surface area contributed by atoms with Gasteiger partial charge in [0.25, 0.3) is 0 Å². The minimum absolute atomic E-state index is 0.286. The van der Waals surface area contributed by atoms with Gasteiger partial charge < -0.3 is 5.32 Å². The Labute approximate surface area is 105 Å². The van der Waals surface area contributed by atoms with Gasteiger partial charge in [-0.05, 0) is 31.5 Å². The second kappa shape index (κ2) is 4.47. The zero-order chi connectivity index (χ0) is 11.7.